The summed E-state index contributed by atoms with van der Waals surface area (Å²) in [6, 6.07) is -0.0774. The molecule has 0 aromatic heterocycles. The van der Waals surface area contributed by atoms with Gasteiger partial charge in [-0.15, -0.1) is 6.42 Å². The lowest BCUT2D eigenvalue weighted by molar-refractivity contribution is 0.652. The third-order valence-electron chi connectivity index (χ3n) is 2.15. The van der Waals surface area contributed by atoms with E-state index in [1.807, 2.05) is 6.92 Å². The highest BCUT2D eigenvalue weighted by molar-refractivity contribution is 7.83. The van der Waals surface area contributed by atoms with Gasteiger partial charge in [-0.25, -0.2) is 8.93 Å². The zero-order valence-corrected chi connectivity index (χ0v) is 8.19. The van der Waals surface area contributed by atoms with Crippen molar-refractivity contribution >= 4 is 11.0 Å². The highest BCUT2D eigenvalue weighted by Gasteiger charge is 2.21. The molecule has 1 fully saturated rings. The molecule has 68 valence electrons. The van der Waals surface area contributed by atoms with Crippen LogP contribution in [0.2, 0.25) is 0 Å². The van der Waals surface area contributed by atoms with E-state index in [4.69, 9.17) is 6.42 Å². The molecule has 0 aliphatic heterocycles. The van der Waals surface area contributed by atoms with Gasteiger partial charge in [0.1, 0.15) is 0 Å². The molecule has 1 N–H and O–H groups in total. The lowest BCUT2D eigenvalue weighted by atomic mass is 10.4. The van der Waals surface area contributed by atoms with E-state index >= 15 is 0 Å². The zero-order chi connectivity index (χ0) is 8.97. The summed E-state index contributed by atoms with van der Waals surface area (Å²) in [4.78, 5) is 0. The second kappa shape index (κ2) is 4.64. The summed E-state index contributed by atoms with van der Waals surface area (Å²) in [5.74, 6) is 2.52. The van der Waals surface area contributed by atoms with Crippen molar-refractivity contribution in [2.45, 2.75) is 43.9 Å². The number of terminal acetylenes is 1. The van der Waals surface area contributed by atoms with Crippen LogP contribution in [0, 0.1) is 12.3 Å². The summed E-state index contributed by atoms with van der Waals surface area (Å²) in [5, 5.41) is 0.334. The van der Waals surface area contributed by atoms with Gasteiger partial charge in [-0.3, -0.25) is 0 Å². The molecule has 1 aliphatic carbocycles. The third-order valence-corrected chi connectivity index (χ3v) is 3.81. The van der Waals surface area contributed by atoms with Crippen LogP contribution in [0.1, 0.15) is 32.6 Å². The monoisotopic (exact) mass is 185 g/mol. The van der Waals surface area contributed by atoms with Crippen molar-refractivity contribution in [2.75, 3.05) is 0 Å². The van der Waals surface area contributed by atoms with Gasteiger partial charge >= 0.3 is 0 Å². The molecule has 0 saturated heterocycles. The number of hydrogen-bond acceptors (Lipinski definition) is 1. The smallest absolute Gasteiger partial charge is 0.0958 e. The van der Waals surface area contributed by atoms with Crippen molar-refractivity contribution in [1.29, 1.82) is 0 Å². The van der Waals surface area contributed by atoms with Crippen LogP contribution in [0.4, 0.5) is 0 Å². The first kappa shape index (κ1) is 9.76. The van der Waals surface area contributed by atoms with E-state index in [0.717, 1.165) is 12.8 Å². The van der Waals surface area contributed by atoms with Crippen LogP contribution in [-0.4, -0.2) is 15.5 Å². The molecular weight excluding hydrogens is 170 g/mol. The van der Waals surface area contributed by atoms with Gasteiger partial charge in [0.25, 0.3) is 0 Å². The standard InChI is InChI=1S/C9H15NOS/c1-3-8(2)10-12(11)9-6-4-5-7-9/h1,8-10H,4-7H2,2H3. The third kappa shape index (κ3) is 2.62. The first-order valence-electron chi connectivity index (χ1n) is 4.37. The maximum absolute atomic E-state index is 11.5. The lowest BCUT2D eigenvalue weighted by Gasteiger charge is -2.11. The molecule has 0 spiro atoms. The predicted octanol–water partition coefficient (Wildman–Crippen LogP) is 1.20. The lowest BCUT2D eigenvalue weighted by Crippen LogP contribution is -2.32. The predicted molar refractivity (Wildman–Crippen MR) is 51.8 cm³/mol. The van der Waals surface area contributed by atoms with E-state index in [1.54, 1.807) is 0 Å². The number of nitrogens with one attached hydrogen (secondary N) is 1. The Labute approximate surface area is 76.7 Å². The Morgan fingerprint density at radius 1 is 1.58 bits per heavy atom. The summed E-state index contributed by atoms with van der Waals surface area (Å²) in [7, 11) is -0.918. The Bertz CT molecular complexity index is 203. The minimum absolute atomic E-state index is 0.0774. The van der Waals surface area contributed by atoms with Gasteiger partial charge < -0.3 is 0 Å². The summed E-state index contributed by atoms with van der Waals surface area (Å²) in [6.07, 6.45) is 9.75. The largest absolute Gasteiger partial charge is 0.243 e. The molecule has 2 atom stereocenters. The van der Waals surface area contributed by atoms with Crippen molar-refractivity contribution in [1.82, 2.24) is 4.72 Å². The van der Waals surface area contributed by atoms with Crippen molar-refractivity contribution in [3.63, 3.8) is 0 Å². The molecule has 1 aliphatic rings. The van der Waals surface area contributed by atoms with Crippen LogP contribution in [-0.2, 0) is 11.0 Å². The van der Waals surface area contributed by atoms with Gasteiger partial charge in [0.2, 0.25) is 0 Å². The van der Waals surface area contributed by atoms with Crippen LogP contribution in [0.3, 0.4) is 0 Å². The van der Waals surface area contributed by atoms with Crippen LogP contribution >= 0.6 is 0 Å². The van der Waals surface area contributed by atoms with Crippen LogP contribution < -0.4 is 4.72 Å². The summed E-state index contributed by atoms with van der Waals surface area (Å²) in [5.41, 5.74) is 0. The van der Waals surface area contributed by atoms with E-state index in [-0.39, 0.29) is 6.04 Å². The Balaban J connectivity index is 2.33. The maximum atomic E-state index is 11.5. The van der Waals surface area contributed by atoms with E-state index in [1.165, 1.54) is 12.8 Å². The van der Waals surface area contributed by atoms with Crippen LogP contribution in [0.15, 0.2) is 0 Å². The minimum Gasteiger partial charge on any atom is -0.243 e. The van der Waals surface area contributed by atoms with Gasteiger partial charge in [0.15, 0.2) is 0 Å². The van der Waals surface area contributed by atoms with Gasteiger partial charge in [0.05, 0.1) is 17.0 Å². The fourth-order valence-corrected chi connectivity index (χ4v) is 2.78. The van der Waals surface area contributed by atoms with E-state index in [0.29, 0.717) is 5.25 Å². The first-order valence-corrected chi connectivity index (χ1v) is 5.58. The van der Waals surface area contributed by atoms with Crippen molar-refractivity contribution in [2.24, 2.45) is 0 Å². The van der Waals surface area contributed by atoms with Gasteiger partial charge in [-0.05, 0) is 19.8 Å². The van der Waals surface area contributed by atoms with E-state index in [2.05, 4.69) is 10.6 Å². The molecule has 0 radical (unpaired) electrons. The van der Waals surface area contributed by atoms with Crippen LogP contribution in [0.5, 0.6) is 0 Å². The topological polar surface area (TPSA) is 29.1 Å². The molecular formula is C9H15NOS. The molecule has 0 heterocycles. The minimum atomic E-state index is -0.918. The average molecular weight is 185 g/mol. The Morgan fingerprint density at radius 3 is 2.67 bits per heavy atom. The van der Waals surface area contributed by atoms with Gasteiger partial charge in [-0.2, -0.15) is 0 Å². The fourth-order valence-electron chi connectivity index (χ4n) is 1.41. The molecule has 0 amide bonds. The Kier molecular flexibility index (Phi) is 3.77. The molecule has 0 aromatic rings. The fraction of sp³-hybridized carbons (Fsp3) is 0.778. The molecule has 0 aromatic carbocycles. The average Bonchev–Trinajstić information content (AvgIpc) is 2.56. The molecule has 0 bridgehead atoms. The van der Waals surface area contributed by atoms with Gasteiger partial charge in [-0.1, -0.05) is 18.8 Å². The molecule has 12 heavy (non-hydrogen) atoms. The SMILES string of the molecule is C#CC(C)NS(=O)C1CCCC1. The first-order chi connectivity index (χ1) is 5.74. The number of hydrogen-bond donors (Lipinski definition) is 1. The highest BCUT2D eigenvalue weighted by Crippen LogP contribution is 2.21. The zero-order valence-electron chi connectivity index (χ0n) is 7.38. The van der Waals surface area contributed by atoms with Gasteiger partial charge in [0, 0.05) is 5.25 Å². The Morgan fingerprint density at radius 2 is 2.17 bits per heavy atom. The second-order valence-corrected chi connectivity index (χ2v) is 4.71. The molecule has 2 nitrogen and oxygen atoms in total. The highest BCUT2D eigenvalue weighted by atomic mass is 32.2. The number of rotatable bonds is 3. The second-order valence-electron chi connectivity index (χ2n) is 3.21. The molecule has 1 rings (SSSR count). The summed E-state index contributed by atoms with van der Waals surface area (Å²) < 4.78 is 14.4. The summed E-state index contributed by atoms with van der Waals surface area (Å²) >= 11 is 0. The Hall–Kier alpha value is -0.330. The quantitative estimate of drug-likeness (QED) is 0.658. The summed E-state index contributed by atoms with van der Waals surface area (Å²) in [6.45, 7) is 1.85. The molecule has 1 saturated carbocycles. The van der Waals surface area contributed by atoms with Crippen LogP contribution in [0.25, 0.3) is 0 Å². The van der Waals surface area contributed by atoms with Crippen molar-refractivity contribution in [3.05, 3.63) is 0 Å². The maximum Gasteiger partial charge on any atom is 0.0958 e. The van der Waals surface area contributed by atoms with Crippen molar-refractivity contribution < 1.29 is 4.21 Å². The molecule has 3 heteroatoms. The molecule has 2 unspecified atom stereocenters. The normalized spacial score (nSPS) is 23.3. The van der Waals surface area contributed by atoms with Crippen molar-refractivity contribution in [3.8, 4) is 12.3 Å². The van der Waals surface area contributed by atoms with E-state index < -0.39 is 11.0 Å². The van der Waals surface area contributed by atoms with E-state index in [9.17, 15) is 4.21 Å².